The molecule has 1 aromatic rings. The lowest BCUT2D eigenvalue weighted by Gasteiger charge is -2.21. The normalized spacial score (nSPS) is 14.6. The molecular formula is C14H20N2O4. The molecule has 0 radical (unpaired) electrons. The topological polar surface area (TPSA) is 83.6 Å². The molecule has 0 saturated heterocycles. The van der Waals surface area contributed by atoms with Crippen molar-refractivity contribution in [2.24, 2.45) is 5.92 Å². The van der Waals surface area contributed by atoms with Crippen LogP contribution in [0.4, 0.5) is 0 Å². The Morgan fingerprint density at radius 3 is 2.60 bits per heavy atom. The molecule has 0 spiro atoms. The fraction of sp³-hybridized carbons (Fsp3) is 0.643. The molecule has 1 amide bonds. The van der Waals surface area contributed by atoms with Crippen LogP contribution in [0.2, 0.25) is 0 Å². The summed E-state index contributed by atoms with van der Waals surface area (Å²) in [5, 5.41) is 8.93. The van der Waals surface area contributed by atoms with Crippen LogP contribution >= 0.6 is 0 Å². The first kappa shape index (κ1) is 14.6. The van der Waals surface area contributed by atoms with Gasteiger partial charge in [-0.2, -0.15) is 0 Å². The van der Waals surface area contributed by atoms with E-state index in [9.17, 15) is 9.59 Å². The van der Waals surface area contributed by atoms with E-state index < -0.39 is 11.9 Å². The number of hydrogen-bond acceptors (Lipinski definition) is 4. The van der Waals surface area contributed by atoms with Crippen molar-refractivity contribution < 1.29 is 19.1 Å². The first-order valence-electron chi connectivity index (χ1n) is 6.87. The van der Waals surface area contributed by atoms with E-state index in [2.05, 4.69) is 4.98 Å². The third-order valence-electron chi connectivity index (χ3n) is 3.13. The highest BCUT2D eigenvalue weighted by atomic mass is 16.4. The Morgan fingerprint density at radius 1 is 1.45 bits per heavy atom. The predicted molar refractivity (Wildman–Crippen MR) is 71.6 cm³/mol. The van der Waals surface area contributed by atoms with E-state index in [0.29, 0.717) is 24.0 Å². The molecule has 0 aliphatic heterocycles. The van der Waals surface area contributed by atoms with Crippen LogP contribution in [0.25, 0.3) is 0 Å². The lowest BCUT2D eigenvalue weighted by Crippen LogP contribution is -2.38. The molecule has 0 unspecified atom stereocenters. The summed E-state index contributed by atoms with van der Waals surface area (Å²) < 4.78 is 5.55. The maximum Gasteiger partial charge on any atom is 0.323 e. The fourth-order valence-corrected chi connectivity index (χ4v) is 2.09. The predicted octanol–water partition coefficient (Wildman–Crippen LogP) is 2.04. The molecule has 1 aromatic heterocycles. The van der Waals surface area contributed by atoms with E-state index in [1.165, 1.54) is 4.90 Å². The molecule has 0 atom stereocenters. The number of carboxylic acids is 1. The van der Waals surface area contributed by atoms with Gasteiger partial charge in [0, 0.05) is 12.5 Å². The Kier molecular flexibility index (Phi) is 4.11. The van der Waals surface area contributed by atoms with Gasteiger partial charge in [-0.25, -0.2) is 4.98 Å². The molecule has 0 bridgehead atoms. The van der Waals surface area contributed by atoms with Crippen LogP contribution in [0.3, 0.4) is 0 Å². The van der Waals surface area contributed by atoms with Gasteiger partial charge in [-0.3, -0.25) is 9.59 Å². The van der Waals surface area contributed by atoms with E-state index in [0.717, 1.165) is 12.8 Å². The van der Waals surface area contributed by atoms with Crippen molar-refractivity contribution in [3.05, 3.63) is 17.3 Å². The van der Waals surface area contributed by atoms with Crippen LogP contribution in [0.15, 0.2) is 4.42 Å². The van der Waals surface area contributed by atoms with Gasteiger partial charge in [-0.1, -0.05) is 13.8 Å². The number of amides is 1. The number of aryl methyl sites for hydroxylation is 1. The first-order chi connectivity index (χ1) is 9.38. The van der Waals surface area contributed by atoms with Crippen LogP contribution in [0, 0.1) is 12.8 Å². The van der Waals surface area contributed by atoms with Crippen LogP contribution < -0.4 is 0 Å². The number of rotatable bonds is 6. The van der Waals surface area contributed by atoms with Gasteiger partial charge in [-0.15, -0.1) is 0 Å². The summed E-state index contributed by atoms with van der Waals surface area (Å²) in [5.41, 5.74) is 0.538. The Balaban J connectivity index is 2.18. The van der Waals surface area contributed by atoms with Gasteiger partial charge in [0.2, 0.25) is 5.76 Å². The number of aromatic nitrogens is 1. The minimum Gasteiger partial charge on any atom is -0.480 e. The number of aliphatic carboxylic acids is 1. The summed E-state index contributed by atoms with van der Waals surface area (Å²) in [6, 6.07) is 0. The largest absolute Gasteiger partial charge is 0.480 e. The smallest absolute Gasteiger partial charge is 0.323 e. The lowest BCUT2D eigenvalue weighted by atomic mass is 10.2. The zero-order chi connectivity index (χ0) is 14.9. The van der Waals surface area contributed by atoms with Crippen molar-refractivity contribution in [3.63, 3.8) is 0 Å². The third-order valence-corrected chi connectivity index (χ3v) is 3.13. The average Bonchev–Trinajstić information content (AvgIpc) is 3.10. The summed E-state index contributed by atoms with van der Waals surface area (Å²) in [6.07, 6.45) is 2.08. The van der Waals surface area contributed by atoms with Crippen molar-refractivity contribution in [2.45, 2.75) is 39.5 Å². The average molecular weight is 280 g/mol. The molecule has 1 aliphatic carbocycles. The van der Waals surface area contributed by atoms with Gasteiger partial charge in [-0.05, 0) is 25.7 Å². The van der Waals surface area contributed by atoms with E-state index in [1.54, 1.807) is 6.92 Å². The second-order valence-corrected chi connectivity index (χ2v) is 5.71. The van der Waals surface area contributed by atoms with Gasteiger partial charge in [0.1, 0.15) is 6.54 Å². The maximum absolute atomic E-state index is 12.4. The molecule has 1 N–H and O–H groups in total. The first-order valence-corrected chi connectivity index (χ1v) is 6.87. The Hall–Kier alpha value is -1.85. The number of hydrogen-bond donors (Lipinski definition) is 1. The van der Waals surface area contributed by atoms with E-state index in [4.69, 9.17) is 9.52 Å². The van der Waals surface area contributed by atoms with Crippen molar-refractivity contribution in [2.75, 3.05) is 13.1 Å². The Morgan fingerprint density at radius 2 is 2.10 bits per heavy atom. The highest BCUT2D eigenvalue weighted by molar-refractivity contribution is 5.94. The van der Waals surface area contributed by atoms with Crippen LogP contribution in [0.1, 0.15) is 54.7 Å². The summed E-state index contributed by atoms with van der Waals surface area (Å²) in [7, 11) is 0. The Labute approximate surface area is 117 Å². The van der Waals surface area contributed by atoms with Gasteiger partial charge in [0.15, 0.2) is 5.89 Å². The molecule has 110 valence electrons. The van der Waals surface area contributed by atoms with E-state index >= 15 is 0 Å². The fourth-order valence-electron chi connectivity index (χ4n) is 2.09. The van der Waals surface area contributed by atoms with E-state index in [-0.39, 0.29) is 18.2 Å². The quantitative estimate of drug-likeness (QED) is 0.862. The van der Waals surface area contributed by atoms with Crippen LogP contribution in [-0.2, 0) is 4.79 Å². The number of oxazole rings is 1. The third kappa shape index (κ3) is 3.37. The summed E-state index contributed by atoms with van der Waals surface area (Å²) in [4.78, 5) is 28.9. The molecule has 2 rings (SSSR count). The molecule has 1 heterocycles. The van der Waals surface area contributed by atoms with Crippen molar-refractivity contribution in [3.8, 4) is 0 Å². The lowest BCUT2D eigenvalue weighted by molar-refractivity contribution is -0.137. The van der Waals surface area contributed by atoms with Gasteiger partial charge >= 0.3 is 5.97 Å². The monoisotopic (exact) mass is 280 g/mol. The summed E-state index contributed by atoms with van der Waals surface area (Å²) in [6.45, 7) is 5.65. The number of carboxylic acid groups (broad SMARTS) is 1. The maximum atomic E-state index is 12.4. The second kappa shape index (κ2) is 5.64. The molecule has 1 fully saturated rings. The summed E-state index contributed by atoms with van der Waals surface area (Å²) >= 11 is 0. The highest BCUT2D eigenvalue weighted by Gasteiger charge is 2.32. The molecule has 1 aliphatic rings. The molecular weight excluding hydrogens is 260 g/mol. The molecule has 6 heteroatoms. The van der Waals surface area contributed by atoms with Gasteiger partial charge in [0.25, 0.3) is 5.91 Å². The van der Waals surface area contributed by atoms with E-state index in [1.807, 2.05) is 13.8 Å². The standard InChI is InChI=1S/C14H20N2O4/c1-8(2)6-16(7-11(17)18)14(19)12-9(3)15-13(20-12)10-4-5-10/h8,10H,4-7H2,1-3H3,(H,17,18). The second-order valence-electron chi connectivity index (χ2n) is 5.71. The number of carbonyl (C=O) groups is 2. The zero-order valence-electron chi connectivity index (χ0n) is 12.0. The minimum absolute atomic E-state index is 0.175. The van der Waals surface area contributed by atoms with Gasteiger partial charge in [0.05, 0.1) is 5.69 Å². The minimum atomic E-state index is -1.03. The van der Waals surface area contributed by atoms with Crippen LogP contribution in [0.5, 0.6) is 0 Å². The zero-order valence-corrected chi connectivity index (χ0v) is 12.0. The van der Waals surface area contributed by atoms with Crippen molar-refractivity contribution >= 4 is 11.9 Å². The van der Waals surface area contributed by atoms with Crippen molar-refractivity contribution in [1.82, 2.24) is 9.88 Å². The molecule has 1 saturated carbocycles. The van der Waals surface area contributed by atoms with Crippen LogP contribution in [-0.4, -0.2) is 40.0 Å². The SMILES string of the molecule is Cc1nc(C2CC2)oc1C(=O)N(CC(=O)O)CC(C)C. The van der Waals surface area contributed by atoms with Crippen molar-refractivity contribution in [1.29, 1.82) is 0 Å². The number of nitrogens with zero attached hydrogens (tertiary/aromatic N) is 2. The summed E-state index contributed by atoms with van der Waals surface area (Å²) in [5.74, 6) is -0.131. The highest BCUT2D eigenvalue weighted by Crippen LogP contribution is 2.40. The molecule has 20 heavy (non-hydrogen) atoms. The molecule has 6 nitrogen and oxygen atoms in total. The Bertz CT molecular complexity index is 517. The molecule has 0 aromatic carbocycles. The van der Waals surface area contributed by atoms with Gasteiger partial charge < -0.3 is 14.4 Å². The number of carbonyl (C=O) groups excluding carboxylic acids is 1.